The third-order valence-corrected chi connectivity index (χ3v) is 5.41. The molecule has 0 radical (unpaired) electrons. The highest BCUT2D eigenvalue weighted by atomic mass is 19.2. The average Bonchev–Trinajstić information content (AvgIpc) is 3.41. The molecular weight excluding hydrogens is 394 g/mol. The predicted octanol–water partition coefficient (Wildman–Crippen LogP) is 2.54. The van der Waals surface area contributed by atoms with E-state index in [1.54, 1.807) is 18.0 Å². The van der Waals surface area contributed by atoms with E-state index in [1.165, 1.54) is 4.68 Å². The minimum atomic E-state index is -0.952. The number of rotatable bonds is 2. The van der Waals surface area contributed by atoms with E-state index in [-0.39, 0.29) is 6.03 Å². The van der Waals surface area contributed by atoms with Gasteiger partial charge in [0.25, 0.3) is 0 Å². The molecule has 5 rings (SSSR count). The van der Waals surface area contributed by atoms with Crippen LogP contribution in [0.2, 0.25) is 0 Å². The summed E-state index contributed by atoms with van der Waals surface area (Å²) in [6.07, 6.45) is 0.935. The van der Waals surface area contributed by atoms with Crippen LogP contribution in [-0.2, 0) is 11.2 Å². The predicted molar refractivity (Wildman–Crippen MR) is 106 cm³/mol. The molecule has 10 heteroatoms. The zero-order valence-electron chi connectivity index (χ0n) is 16.3. The summed E-state index contributed by atoms with van der Waals surface area (Å²) >= 11 is 0. The van der Waals surface area contributed by atoms with Crippen molar-refractivity contribution >= 4 is 22.6 Å². The number of hydrogen-bond acceptors (Lipinski definition) is 5. The maximum absolute atomic E-state index is 14.1. The summed E-state index contributed by atoms with van der Waals surface area (Å²) in [6, 6.07) is 5.63. The summed E-state index contributed by atoms with van der Waals surface area (Å²) in [5.41, 5.74) is 2.88. The topological polar surface area (TPSA) is 84.3 Å². The molecule has 2 aliphatic heterocycles. The number of nitrogens with zero attached hydrogens (tertiary/aromatic N) is 4. The van der Waals surface area contributed by atoms with E-state index in [0.717, 1.165) is 29.9 Å². The molecule has 1 unspecified atom stereocenters. The van der Waals surface area contributed by atoms with Crippen LogP contribution in [0.1, 0.15) is 18.5 Å². The van der Waals surface area contributed by atoms with E-state index in [4.69, 9.17) is 9.72 Å². The van der Waals surface area contributed by atoms with Crippen molar-refractivity contribution in [1.29, 1.82) is 0 Å². The van der Waals surface area contributed by atoms with Gasteiger partial charge in [0, 0.05) is 31.6 Å². The van der Waals surface area contributed by atoms with Gasteiger partial charge in [0.05, 0.1) is 29.2 Å². The van der Waals surface area contributed by atoms with Gasteiger partial charge in [0.1, 0.15) is 5.69 Å². The number of aromatic nitrogens is 3. The van der Waals surface area contributed by atoms with E-state index in [2.05, 4.69) is 15.7 Å². The summed E-state index contributed by atoms with van der Waals surface area (Å²) in [5, 5.41) is 10.8. The number of ether oxygens (including phenoxy) is 1. The first kappa shape index (κ1) is 18.9. The molecule has 30 heavy (non-hydrogen) atoms. The van der Waals surface area contributed by atoms with Gasteiger partial charge in [-0.25, -0.2) is 23.2 Å². The third-order valence-electron chi connectivity index (χ3n) is 5.41. The quantitative estimate of drug-likeness (QED) is 0.673. The summed E-state index contributed by atoms with van der Waals surface area (Å²) in [4.78, 5) is 18.5. The fraction of sp³-hybridized carbons (Fsp3) is 0.350. The standard InChI is InChI=1S/C20H20F2N6O2/c1-23-19(29)27-7-2-3-14-16(27)5-4-15(25-14)18-11-9-12(21)13(22)10-17(11)28(26-18)20-24-6-8-30-20/h4-5,9-10,20,24H,2-3,6-8H2,1H3,(H,23,29). The molecule has 156 valence electrons. The summed E-state index contributed by atoms with van der Waals surface area (Å²) in [7, 11) is 1.59. The van der Waals surface area contributed by atoms with Gasteiger partial charge in [-0.05, 0) is 31.0 Å². The zero-order chi connectivity index (χ0) is 20.8. The molecule has 2 aromatic heterocycles. The second kappa shape index (κ2) is 7.29. The van der Waals surface area contributed by atoms with Crippen LogP contribution in [0.5, 0.6) is 0 Å². The molecular formula is C20H20F2N6O2. The Balaban J connectivity index is 1.64. The Morgan fingerprint density at radius 1 is 1.30 bits per heavy atom. The van der Waals surface area contributed by atoms with Crippen LogP contribution in [0.4, 0.5) is 19.3 Å². The van der Waals surface area contributed by atoms with E-state index in [9.17, 15) is 13.6 Å². The Morgan fingerprint density at radius 2 is 2.13 bits per heavy atom. The van der Waals surface area contributed by atoms with Crippen molar-refractivity contribution in [1.82, 2.24) is 25.4 Å². The fourth-order valence-corrected chi connectivity index (χ4v) is 3.99. The first-order valence-electron chi connectivity index (χ1n) is 9.78. The first-order chi connectivity index (χ1) is 14.6. The number of pyridine rings is 1. The zero-order valence-corrected chi connectivity index (χ0v) is 16.3. The Bertz CT molecular complexity index is 1140. The number of benzene rings is 1. The van der Waals surface area contributed by atoms with Gasteiger partial charge in [0.2, 0.25) is 6.35 Å². The number of urea groups is 1. The van der Waals surface area contributed by atoms with Gasteiger partial charge in [0.15, 0.2) is 11.6 Å². The second-order valence-corrected chi connectivity index (χ2v) is 7.23. The van der Waals surface area contributed by atoms with E-state index >= 15 is 0 Å². The number of amides is 2. The van der Waals surface area contributed by atoms with Crippen molar-refractivity contribution in [2.45, 2.75) is 19.2 Å². The molecule has 1 saturated heterocycles. The maximum Gasteiger partial charge on any atom is 0.321 e. The Labute approximate surface area is 170 Å². The van der Waals surface area contributed by atoms with Crippen molar-refractivity contribution in [3.8, 4) is 11.4 Å². The number of aryl methyl sites for hydroxylation is 1. The lowest BCUT2D eigenvalue weighted by Crippen LogP contribution is -2.41. The van der Waals surface area contributed by atoms with Crippen LogP contribution in [0.15, 0.2) is 24.3 Å². The average molecular weight is 414 g/mol. The van der Waals surface area contributed by atoms with Crippen LogP contribution < -0.4 is 15.5 Å². The van der Waals surface area contributed by atoms with Gasteiger partial charge in [-0.1, -0.05) is 0 Å². The number of halogens is 2. The van der Waals surface area contributed by atoms with Crippen LogP contribution in [0, 0.1) is 11.6 Å². The molecule has 8 nitrogen and oxygen atoms in total. The molecule has 1 atom stereocenters. The first-order valence-corrected chi connectivity index (χ1v) is 9.78. The molecule has 1 aromatic carbocycles. The molecule has 2 amide bonds. The number of hydrogen-bond donors (Lipinski definition) is 2. The van der Waals surface area contributed by atoms with Crippen LogP contribution in [0.25, 0.3) is 22.3 Å². The molecule has 0 bridgehead atoms. The molecule has 1 fully saturated rings. The van der Waals surface area contributed by atoms with Gasteiger partial charge in [-0.2, -0.15) is 5.10 Å². The number of anilines is 1. The van der Waals surface area contributed by atoms with Crippen LogP contribution >= 0.6 is 0 Å². The molecule has 0 aliphatic carbocycles. The van der Waals surface area contributed by atoms with Crippen molar-refractivity contribution in [2.24, 2.45) is 0 Å². The molecule has 2 aliphatic rings. The van der Waals surface area contributed by atoms with Crippen molar-refractivity contribution < 1.29 is 18.3 Å². The van der Waals surface area contributed by atoms with Gasteiger partial charge in [-0.15, -0.1) is 0 Å². The highest BCUT2D eigenvalue weighted by Crippen LogP contribution is 2.34. The Hall–Kier alpha value is -3.11. The fourth-order valence-electron chi connectivity index (χ4n) is 3.99. The van der Waals surface area contributed by atoms with Gasteiger partial charge < -0.3 is 10.1 Å². The summed E-state index contributed by atoms with van der Waals surface area (Å²) in [5.74, 6) is -1.90. The molecule has 2 N–H and O–H groups in total. The van der Waals surface area contributed by atoms with Gasteiger partial charge in [-0.3, -0.25) is 10.2 Å². The highest BCUT2D eigenvalue weighted by molar-refractivity contribution is 5.95. The Morgan fingerprint density at radius 3 is 2.90 bits per heavy atom. The molecule has 0 saturated carbocycles. The number of carbonyl (C=O) groups excluding carboxylic acids is 1. The Kier molecular flexibility index (Phi) is 4.59. The minimum Gasteiger partial charge on any atom is -0.342 e. The number of fused-ring (bicyclic) bond motifs is 2. The van der Waals surface area contributed by atoms with Crippen molar-refractivity contribution in [3.05, 3.63) is 41.6 Å². The summed E-state index contributed by atoms with van der Waals surface area (Å²) in [6.45, 7) is 1.75. The van der Waals surface area contributed by atoms with E-state index in [0.29, 0.717) is 48.4 Å². The number of carbonyl (C=O) groups is 1. The lowest BCUT2D eigenvalue weighted by Gasteiger charge is -2.28. The maximum atomic E-state index is 14.1. The van der Waals surface area contributed by atoms with Crippen molar-refractivity contribution in [2.75, 3.05) is 31.6 Å². The number of nitrogens with one attached hydrogen (secondary N) is 2. The second-order valence-electron chi connectivity index (χ2n) is 7.23. The summed E-state index contributed by atoms with van der Waals surface area (Å²) < 4.78 is 35.1. The lowest BCUT2D eigenvalue weighted by molar-refractivity contribution is 0.0381. The SMILES string of the molecule is CNC(=O)N1CCCc2nc(-c3nn(C4NCCO4)c4cc(F)c(F)cc34)ccc21. The van der Waals surface area contributed by atoms with Crippen LogP contribution in [0.3, 0.4) is 0 Å². The van der Waals surface area contributed by atoms with Gasteiger partial charge >= 0.3 is 6.03 Å². The molecule has 4 heterocycles. The normalized spacial score (nSPS) is 18.6. The smallest absolute Gasteiger partial charge is 0.321 e. The molecule has 0 spiro atoms. The monoisotopic (exact) mass is 414 g/mol. The van der Waals surface area contributed by atoms with E-state index in [1.807, 2.05) is 6.07 Å². The van der Waals surface area contributed by atoms with Crippen molar-refractivity contribution in [3.63, 3.8) is 0 Å². The minimum absolute atomic E-state index is 0.192. The largest absolute Gasteiger partial charge is 0.342 e. The van der Waals surface area contributed by atoms with E-state index < -0.39 is 18.0 Å². The third kappa shape index (κ3) is 2.99. The molecule has 3 aromatic rings. The lowest BCUT2D eigenvalue weighted by atomic mass is 10.1. The van der Waals surface area contributed by atoms with Crippen LogP contribution in [-0.4, -0.2) is 47.5 Å². The highest BCUT2D eigenvalue weighted by Gasteiger charge is 2.27.